The lowest BCUT2D eigenvalue weighted by Gasteiger charge is -2.31. The fourth-order valence-corrected chi connectivity index (χ4v) is 2.08. The smallest absolute Gasteiger partial charge is 0.325 e. The van der Waals surface area contributed by atoms with Crippen LogP contribution < -0.4 is 5.73 Å². The van der Waals surface area contributed by atoms with E-state index in [1.54, 1.807) is 0 Å². The molecule has 94 valence electrons. The molecule has 1 heterocycles. The maximum atomic E-state index is 12.0. The van der Waals surface area contributed by atoms with Crippen molar-refractivity contribution in [2.75, 3.05) is 13.6 Å². The minimum atomic E-state index is -0.441. The van der Waals surface area contributed by atoms with Gasteiger partial charge in [0.15, 0.2) is 0 Å². The molecule has 1 rings (SSSR count). The van der Waals surface area contributed by atoms with Crippen LogP contribution in [-0.4, -0.2) is 42.1 Å². The van der Waals surface area contributed by atoms with Crippen molar-refractivity contribution in [2.24, 2.45) is 5.73 Å². The molecule has 0 aromatic carbocycles. The Hall–Kier alpha value is -0.610. The third-order valence-electron chi connectivity index (χ3n) is 2.83. The van der Waals surface area contributed by atoms with E-state index in [0.29, 0.717) is 0 Å². The van der Waals surface area contributed by atoms with Crippen LogP contribution in [0.5, 0.6) is 0 Å². The molecular formula is C12H24N2O2. The summed E-state index contributed by atoms with van der Waals surface area (Å²) in [6, 6.07) is -0.399. The summed E-state index contributed by atoms with van der Waals surface area (Å²) in [4.78, 5) is 14.1. The van der Waals surface area contributed by atoms with E-state index in [4.69, 9.17) is 10.5 Å². The zero-order chi connectivity index (χ0) is 12.3. The number of nitrogens with zero attached hydrogens (tertiary/aromatic N) is 1. The van der Waals surface area contributed by atoms with Gasteiger partial charge < -0.3 is 10.5 Å². The van der Waals surface area contributed by atoms with Crippen LogP contribution in [0.15, 0.2) is 0 Å². The Kier molecular flexibility index (Phi) is 4.33. The highest BCUT2D eigenvalue weighted by Gasteiger charge is 2.34. The molecule has 0 radical (unpaired) electrons. The van der Waals surface area contributed by atoms with Crippen LogP contribution in [0.25, 0.3) is 0 Å². The van der Waals surface area contributed by atoms with Gasteiger partial charge in [0.2, 0.25) is 0 Å². The first-order valence-electron chi connectivity index (χ1n) is 6.00. The van der Waals surface area contributed by atoms with Crippen LogP contribution in [0, 0.1) is 0 Å². The Labute approximate surface area is 98.1 Å². The monoisotopic (exact) mass is 228 g/mol. The summed E-state index contributed by atoms with van der Waals surface area (Å²) in [5.74, 6) is -0.190. The lowest BCUT2D eigenvalue weighted by molar-refractivity contribution is -0.161. The number of nitrogens with two attached hydrogens (primary N) is 1. The largest absolute Gasteiger partial charge is 0.459 e. The molecule has 16 heavy (non-hydrogen) atoms. The van der Waals surface area contributed by atoms with Crippen LogP contribution in [0.3, 0.4) is 0 Å². The fraction of sp³-hybridized carbons (Fsp3) is 0.917. The Balaban J connectivity index is 2.70. The Morgan fingerprint density at radius 3 is 2.56 bits per heavy atom. The van der Waals surface area contributed by atoms with Crippen LogP contribution in [0.2, 0.25) is 0 Å². The lowest BCUT2D eigenvalue weighted by atomic mass is 10.0. The van der Waals surface area contributed by atoms with Gasteiger partial charge in [-0.1, -0.05) is 6.42 Å². The first-order valence-corrected chi connectivity index (χ1v) is 6.00. The summed E-state index contributed by atoms with van der Waals surface area (Å²) >= 11 is 0. The summed E-state index contributed by atoms with van der Waals surface area (Å²) in [5, 5.41) is 0. The van der Waals surface area contributed by atoms with Gasteiger partial charge in [-0.05, 0) is 47.2 Å². The minimum Gasteiger partial charge on any atom is -0.459 e. The van der Waals surface area contributed by atoms with Gasteiger partial charge in [0.25, 0.3) is 0 Å². The molecule has 1 aliphatic heterocycles. The molecule has 1 aliphatic rings. The third kappa shape index (κ3) is 3.76. The number of esters is 1. The van der Waals surface area contributed by atoms with E-state index in [0.717, 1.165) is 25.8 Å². The average molecular weight is 228 g/mol. The van der Waals surface area contributed by atoms with E-state index in [1.807, 2.05) is 32.7 Å². The lowest BCUT2D eigenvalue weighted by Crippen LogP contribution is -2.52. The normalized spacial score (nSPS) is 28.6. The molecule has 2 atom stereocenters. The minimum absolute atomic E-state index is 0.109. The van der Waals surface area contributed by atoms with Gasteiger partial charge in [0.1, 0.15) is 11.6 Å². The van der Waals surface area contributed by atoms with Crippen molar-refractivity contribution in [2.45, 2.75) is 57.7 Å². The number of hydrogen-bond donors (Lipinski definition) is 1. The third-order valence-corrected chi connectivity index (χ3v) is 2.83. The first kappa shape index (κ1) is 13.5. The van der Waals surface area contributed by atoms with Crippen LogP contribution in [0.4, 0.5) is 0 Å². The van der Waals surface area contributed by atoms with Gasteiger partial charge in [-0.3, -0.25) is 9.69 Å². The Morgan fingerprint density at radius 2 is 2.00 bits per heavy atom. The van der Waals surface area contributed by atoms with Crippen molar-refractivity contribution in [1.82, 2.24) is 4.90 Å². The molecule has 0 aromatic rings. The molecule has 0 bridgehead atoms. The van der Waals surface area contributed by atoms with Gasteiger partial charge in [0.05, 0.1) is 0 Å². The Morgan fingerprint density at radius 1 is 1.38 bits per heavy atom. The standard InChI is InChI=1S/C12H24N2O2/c1-12(2,3)16-11(15)10-9(13)7-5-6-8-14(10)4/h9-10H,5-8,13H2,1-4H3. The van der Waals surface area contributed by atoms with Crippen molar-refractivity contribution in [3.05, 3.63) is 0 Å². The van der Waals surface area contributed by atoms with Crippen molar-refractivity contribution in [3.8, 4) is 0 Å². The van der Waals surface area contributed by atoms with E-state index in [9.17, 15) is 4.79 Å². The van der Waals surface area contributed by atoms with Crippen LogP contribution >= 0.6 is 0 Å². The van der Waals surface area contributed by atoms with E-state index in [-0.39, 0.29) is 18.1 Å². The van der Waals surface area contributed by atoms with Gasteiger partial charge in [0, 0.05) is 6.04 Å². The molecular weight excluding hydrogens is 204 g/mol. The maximum Gasteiger partial charge on any atom is 0.325 e. The number of likely N-dealkylation sites (N-methyl/N-ethyl adjacent to an activating group) is 1. The number of likely N-dealkylation sites (tertiary alicyclic amines) is 1. The summed E-state index contributed by atoms with van der Waals surface area (Å²) in [6.07, 6.45) is 3.09. The van der Waals surface area contributed by atoms with Gasteiger partial charge in [-0.2, -0.15) is 0 Å². The number of hydrogen-bond acceptors (Lipinski definition) is 4. The highest BCUT2D eigenvalue weighted by atomic mass is 16.6. The zero-order valence-corrected chi connectivity index (χ0v) is 10.8. The summed E-state index contributed by atoms with van der Waals surface area (Å²) < 4.78 is 5.41. The number of carbonyl (C=O) groups is 1. The molecule has 4 nitrogen and oxygen atoms in total. The quantitative estimate of drug-likeness (QED) is 0.684. The van der Waals surface area contributed by atoms with E-state index in [2.05, 4.69) is 0 Å². The predicted octanol–water partition coefficient (Wildman–Crippen LogP) is 1.14. The topological polar surface area (TPSA) is 55.6 Å². The Bertz CT molecular complexity index is 236. The zero-order valence-electron chi connectivity index (χ0n) is 10.8. The summed E-state index contributed by atoms with van der Waals surface area (Å²) in [6.45, 7) is 6.56. The van der Waals surface area contributed by atoms with Crippen molar-refractivity contribution >= 4 is 5.97 Å². The molecule has 0 aromatic heterocycles. The molecule has 1 fully saturated rings. The van der Waals surface area contributed by atoms with Crippen LogP contribution in [0.1, 0.15) is 40.0 Å². The number of carbonyl (C=O) groups excluding carboxylic acids is 1. The molecule has 0 saturated carbocycles. The summed E-state index contributed by atoms with van der Waals surface area (Å²) in [7, 11) is 1.94. The fourth-order valence-electron chi connectivity index (χ4n) is 2.08. The second kappa shape index (κ2) is 5.15. The van der Waals surface area contributed by atoms with Crippen LogP contribution in [-0.2, 0) is 9.53 Å². The molecule has 2 N–H and O–H groups in total. The highest BCUT2D eigenvalue weighted by Crippen LogP contribution is 2.18. The molecule has 1 saturated heterocycles. The van der Waals surface area contributed by atoms with E-state index in [1.165, 1.54) is 0 Å². The number of ether oxygens (including phenoxy) is 1. The van der Waals surface area contributed by atoms with Gasteiger partial charge >= 0.3 is 5.97 Å². The second-order valence-corrected chi connectivity index (χ2v) is 5.62. The van der Waals surface area contributed by atoms with Crippen molar-refractivity contribution in [3.63, 3.8) is 0 Å². The van der Waals surface area contributed by atoms with Gasteiger partial charge in [-0.25, -0.2) is 0 Å². The second-order valence-electron chi connectivity index (χ2n) is 5.62. The molecule has 4 heteroatoms. The van der Waals surface area contributed by atoms with Crippen molar-refractivity contribution in [1.29, 1.82) is 0 Å². The van der Waals surface area contributed by atoms with E-state index >= 15 is 0 Å². The molecule has 0 amide bonds. The van der Waals surface area contributed by atoms with E-state index < -0.39 is 5.60 Å². The number of rotatable bonds is 1. The maximum absolute atomic E-state index is 12.0. The molecule has 0 spiro atoms. The molecule has 0 aliphatic carbocycles. The van der Waals surface area contributed by atoms with Crippen molar-refractivity contribution < 1.29 is 9.53 Å². The first-order chi connectivity index (χ1) is 7.31. The summed E-state index contributed by atoms with van der Waals surface area (Å²) in [5.41, 5.74) is 5.61. The predicted molar refractivity (Wildman–Crippen MR) is 64.1 cm³/mol. The molecule has 2 unspecified atom stereocenters. The van der Waals surface area contributed by atoms with Gasteiger partial charge in [-0.15, -0.1) is 0 Å². The average Bonchev–Trinajstić information content (AvgIpc) is 2.24. The highest BCUT2D eigenvalue weighted by molar-refractivity contribution is 5.77. The SMILES string of the molecule is CN1CCCCC(N)C1C(=O)OC(C)(C)C.